The zero-order valence-corrected chi connectivity index (χ0v) is 17.1. The molecule has 8 heteroatoms. The monoisotopic (exact) mass is 431 g/mol. The number of anilines is 1. The lowest BCUT2D eigenvalue weighted by atomic mass is 10.2. The van der Waals surface area contributed by atoms with Gasteiger partial charge < -0.3 is 4.90 Å². The van der Waals surface area contributed by atoms with Crippen molar-refractivity contribution in [1.29, 1.82) is 0 Å². The summed E-state index contributed by atoms with van der Waals surface area (Å²) in [6.45, 7) is 3.22. The van der Waals surface area contributed by atoms with Crippen LogP contribution in [0.2, 0.25) is 5.02 Å². The Hall–Kier alpha value is -2.35. The van der Waals surface area contributed by atoms with Gasteiger partial charge in [0.25, 0.3) is 11.1 Å². The fourth-order valence-electron chi connectivity index (χ4n) is 3.33. The third-order valence-electron chi connectivity index (χ3n) is 4.95. The zero-order valence-electron chi connectivity index (χ0n) is 15.6. The number of halogens is 2. The fourth-order valence-corrected chi connectivity index (χ4v) is 4.29. The van der Waals surface area contributed by atoms with E-state index in [2.05, 4.69) is 9.80 Å². The van der Waals surface area contributed by atoms with Crippen LogP contribution in [-0.4, -0.2) is 53.8 Å². The summed E-state index contributed by atoms with van der Waals surface area (Å²) >= 11 is 6.85. The molecule has 2 aromatic carbocycles. The number of thioether (sulfide) groups is 1. The lowest BCUT2D eigenvalue weighted by molar-refractivity contribution is -0.124. The second-order valence-electron chi connectivity index (χ2n) is 6.88. The molecular weight excluding hydrogens is 413 g/mol. The van der Waals surface area contributed by atoms with Crippen LogP contribution >= 0.6 is 23.4 Å². The highest BCUT2D eigenvalue weighted by atomic mass is 35.5. The minimum atomic E-state index is -0.268. The zero-order chi connectivity index (χ0) is 20.4. The van der Waals surface area contributed by atoms with Crippen LogP contribution in [0, 0.1) is 5.82 Å². The average Bonchev–Trinajstić information content (AvgIpc) is 2.98. The van der Waals surface area contributed by atoms with Crippen molar-refractivity contribution in [2.45, 2.75) is 0 Å². The van der Waals surface area contributed by atoms with E-state index < -0.39 is 0 Å². The topological polar surface area (TPSA) is 43.9 Å². The Morgan fingerprint density at radius 2 is 1.62 bits per heavy atom. The molecule has 0 unspecified atom stereocenters. The van der Waals surface area contributed by atoms with E-state index in [-0.39, 0.29) is 23.6 Å². The number of imide groups is 1. The lowest BCUT2D eigenvalue weighted by Gasteiger charge is -2.37. The van der Waals surface area contributed by atoms with Gasteiger partial charge in [0.05, 0.1) is 11.6 Å². The van der Waals surface area contributed by atoms with Crippen LogP contribution in [-0.2, 0) is 4.79 Å². The maximum absolute atomic E-state index is 13.1. The molecule has 150 valence electrons. The first-order valence-corrected chi connectivity index (χ1v) is 10.4. The first-order valence-electron chi connectivity index (χ1n) is 9.23. The van der Waals surface area contributed by atoms with Gasteiger partial charge in [-0.2, -0.15) is 0 Å². The van der Waals surface area contributed by atoms with Crippen LogP contribution in [0.3, 0.4) is 0 Å². The number of carbonyl (C=O) groups is 2. The molecule has 0 radical (unpaired) electrons. The Morgan fingerprint density at radius 3 is 2.28 bits per heavy atom. The predicted molar refractivity (Wildman–Crippen MR) is 114 cm³/mol. The van der Waals surface area contributed by atoms with Crippen molar-refractivity contribution in [1.82, 2.24) is 9.80 Å². The average molecular weight is 432 g/mol. The third kappa shape index (κ3) is 4.63. The SMILES string of the molecule is O=C1SC(=Cc2ccc(Cl)cc2)C(=O)N1CN1CCN(c2ccc(F)cc2)CC1. The smallest absolute Gasteiger partial charge is 0.294 e. The Kier molecular flexibility index (Phi) is 5.89. The van der Waals surface area contributed by atoms with Crippen LogP contribution in [0.25, 0.3) is 6.08 Å². The number of hydrogen-bond acceptors (Lipinski definition) is 5. The van der Waals surface area contributed by atoms with Gasteiger partial charge in [0.15, 0.2) is 0 Å². The molecule has 2 amide bonds. The number of carbonyl (C=O) groups excluding carboxylic acids is 2. The lowest BCUT2D eigenvalue weighted by Crippen LogP contribution is -2.50. The van der Waals surface area contributed by atoms with Gasteiger partial charge in [-0.1, -0.05) is 23.7 Å². The van der Waals surface area contributed by atoms with Crippen LogP contribution in [0.4, 0.5) is 14.9 Å². The maximum Gasteiger partial charge on any atom is 0.294 e. The Labute approximate surface area is 177 Å². The second kappa shape index (κ2) is 8.57. The molecule has 0 aliphatic carbocycles. The third-order valence-corrected chi connectivity index (χ3v) is 6.11. The Balaban J connectivity index is 1.36. The Morgan fingerprint density at radius 1 is 0.966 bits per heavy atom. The number of piperazine rings is 1. The molecule has 0 atom stereocenters. The van der Waals surface area contributed by atoms with E-state index in [1.165, 1.54) is 17.0 Å². The number of rotatable bonds is 4. The van der Waals surface area contributed by atoms with E-state index in [1.54, 1.807) is 30.3 Å². The van der Waals surface area contributed by atoms with Gasteiger partial charge >= 0.3 is 0 Å². The second-order valence-corrected chi connectivity index (χ2v) is 8.31. The molecule has 0 bridgehead atoms. The number of amides is 2. The number of hydrogen-bond donors (Lipinski definition) is 0. The molecule has 0 saturated carbocycles. The van der Waals surface area contributed by atoms with Crippen molar-refractivity contribution < 1.29 is 14.0 Å². The normalized spacial score (nSPS) is 19.4. The predicted octanol–water partition coefficient (Wildman–Crippen LogP) is 4.30. The fraction of sp³-hybridized carbons (Fsp3) is 0.238. The van der Waals surface area contributed by atoms with Gasteiger partial charge in [0, 0.05) is 36.9 Å². The number of benzene rings is 2. The van der Waals surface area contributed by atoms with Crippen molar-refractivity contribution in [2.75, 3.05) is 37.7 Å². The first kappa shape index (κ1) is 19.9. The maximum atomic E-state index is 13.1. The molecule has 2 heterocycles. The molecule has 4 rings (SSSR count). The molecule has 0 spiro atoms. The van der Waals surface area contributed by atoms with Gasteiger partial charge in [-0.05, 0) is 59.8 Å². The van der Waals surface area contributed by atoms with E-state index >= 15 is 0 Å². The highest BCUT2D eigenvalue weighted by molar-refractivity contribution is 8.18. The molecule has 2 aliphatic rings. The van der Waals surface area contributed by atoms with E-state index in [0.29, 0.717) is 9.93 Å². The van der Waals surface area contributed by atoms with Gasteiger partial charge in [0.1, 0.15) is 5.82 Å². The minimum Gasteiger partial charge on any atom is -0.369 e. The summed E-state index contributed by atoms with van der Waals surface area (Å²) in [7, 11) is 0. The quantitative estimate of drug-likeness (QED) is 0.675. The number of nitrogens with zero attached hydrogens (tertiary/aromatic N) is 3. The molecule has 2 aromatic rings. The summed E-state index contributed by atoms with van der Waals surface area (Å²) in [4.78, 5) is 31.0. The summed E-state index contributed by atoms with van der Waals surface area (Å²) in [6.07, 6.45) is 1.72. The summed E-state index contributed by atoms with van der Waals surface area (Å²) in [6, 6.07) is 13.6. The van der Waals surface area contributed by atoms with E-state index in [9.17, 15) is 14.0 Å². The van der Waals surface area contributed by atoms with Gasteiger partial charge in [0.2, 0.25) is 0 Å². The van der Waals surface area contributed by atoms with Crippen molar-refractivity contribution in [3.05, 3.63) is 69.8 Å². The van der Waals surface area contributed by atoms with Gasteiger partial charge in [-0.25, -0.2) is 4.39 Å². The van der Waals surface area contributed by atoms with Crippen LogP contribution in [0.15, 0.2) is 53.4 Å². The van der Waals surface area contributed by atoms with Crippen molar-refractivity contribution in [3.63, 3.8) is 0 Å². The first-order chi connectivity index (χ1) is 14.0. The highest BCUT2D eigenvalue weighted by Crippen LogP contribution is 2.32. The standard InChI is InChI=1S/C21H19ClFN3O2S/c22-16-3-1-15(2-4-16)13-19-20(27)26(21(28)29-19)14-24-9-11-25(12-10-24)18-7-5-17(23)6-8-18/h1-8,13H,9-12,14H2. The van der Waals surface area contributed by atoms with E-state index in [4.69, 9.17) is 11.6 Å². The van der Waals surface area contributed by atoms with E-state index in [0.717, 1.165) is 49.2 Å². The molecule has 5 nitrogen and oxygen atoms in total. The summed E-state index contributed by atoms with van der Waals surface area (Å²) in [5.74, 6) is -0.519. The van der Waals surface area contributed by atoms with Gasteiger partial charge in [-0.15, -0.1) is 0 Å². The molecule has 2 fully saturated rings. The van der Waals surface area contributed by atoms with E-state index in [1.807, 2.05) is 12.1 Å². The van der Waals surface area contributed by atoms with Crippen LogP contribution < -0.4 is 4.90 Å². The van der Waals surface area contributed by atoms with Crippen LogP contribution in [0.1, 0.15) is 5.56 Å². The molecule has 2 aliphatic heterocycles. The van der Waals surface area contributed by atoms with Crippen molar-refractivity contribution in [2.24, 2.45) is 0 Å². The van der Waals surface area contributed by atoms with Gasteiger partial charge in [-0.3, -0.25) is 19.4 Å². The molecule has 2 saturated heterocycles. The Bertz CT molecular complexity index is 941. The summed E-state index contributed by atoms with van der Waals surface area (Å²) < 4.78 is 13.1. The summed E-state index contributed by atoms with van der Waals surface area (Å²) in [5.41, 5.74) is 1.80. The van der Waals surface area contributed by atoms with Crippen molar-refractivity contribution in [3.8, 4) is 0 Å². The molecule has 29 heavy (non-hydrogen) atoms. The van der Waals surface area contributed by atoms with Crippen LogP contribution in [0.5, 0.6) is 0 Å². The van der Waals surface area contributed by atoms with Crippen molar-refractivity contribution >= 4 is 46.3 Å². The summed E-state index contributed by atoms with van der Waals surface area (Å²) in [5, 5.41) is 0.367. The molecular formula is C21H19ClFN3O2S. The minimum absolute atomic E-state index is 0.251. The highest BCUT2D eigenvalue weighted by Gasteiger charge is 2.36. The molecule has 0 aromatic heterocycles. The molecule has 0 N–H and O–H groups in total. The largest absolute Gasteiger partial charge is 0.369 e.